The molecule has 0 amide bonds. The number of hydrogen-bond donors (Lipinski definition) is 2. The fourth-order valence-corrected chi connectivity index (χ4v) is 9.29. The van der Waals surface area contributed by atoms with Gasteiger partial charge in [-0.1, -0.05) is 127 Å². The van der Waals surface area contributed by atoms with Gasteiger partial charge in [0.15, 0.2) is 0 Å². The summed E-state index contributed by atoms with van der Waals surface area (Å²) in [7, 11) is 0. The van der Waals surface area contributed by atoms with Crippen molar-refractivity contribution in [1.29, 1.82) is 0 Å². The normalized spacial score (nSPS) is 14.0. The Kier molecular flexibility index (Phi) is 8.97. The number of aliphatic hydroxyl groups is 2. The van der Waals surface area contributed by atoms with Gasteiger partial charge in [0.25, 0.3) is 0 Å². The summed E-state index contributed by atoms with van der Waals surface area (Å²) in [6, 6.07) is 58.3. The Morgan fingerprint density at radius 3 is 1.27 bits per heavy atom. The van der Waals surface area contributed by atoms with Crippen LogP contribution in [0.2, 0.25) is 0 Å². The Balaban J connectivity index is 1.39. The van der Waals surface area contributed by atoms with Gasteiger partial charge in [-0.05, 0) is 105 Å². The first-order valence-electron chi connectivity index (χ1n) is 19.0. The van der Waals surface area contributed by atoms with Gasteiger partial charge in [-0.25, -0.2) is 0 Å². The summed E-state index contributed by atoms with van der Waals surface area (Å²) >= 11 is 0. The van der Waals surface area contributed by atoms with E-state index in [0.717, 1.165) is 50.3 Å². The van der Waals surface area contributed by atoms with Gasteiger partial charge in [-0.15, -0.1) is 0 Å². The molecule has 272 valence electrons. The number of hydrogen-bond acceptors (Lipinski definition) is 5. The van der Waals surface area contributed by atoms with Crippen LogP contribution in [0.4, 0.5) is 0 Å². The van der Waals surface area contributed by atoms with Gasteiger partial charge in [0.1, 0.15) is 30.5 Å². The van der Waals surface area contributed by atoms with Crippen molar-refractivity contribution in [2.45, 2.75) is 17.8 Å². The van der Waals surface area contributed by atoms with Crippen LogP contribution in [0, 0.1) is 0 Å². The third-order valence-electron chi connectivity index (χ3n) is 11.3. The fourth-order valence-electron chi connectivity index (χ4n) is 9.29. The molecule has 0 heterocycles. The highest BCUT2D eigenvalue weighted by molar-refractivity contribution is 5.89. The molecule has 2 aliphatic rings. The van der Waals surface area contributed by atoms with Crippen molar-refractivity contribution in [2.24, 2.45) is 0 Å². The van der Waals surface area contributed by atoms with Gasteiger partial charge in [-0.3, -0.25) is 0 Å². The average molecular weight is 723 g/mol. The van der Waals surface area contributed by atoms with Crippen molar-refractivity contribution in [3.8, 4) is 39.5 Å². The van der Waals surface area contributed by atoms with Crippen molar-refractivity contribution in [3.05, 3.63) is 208 Å². The number of fused-ring (bicyclic) bond motifs is 6. The molecule has 5 heteroatoms. The summed E-state index contributed by atoms with van der Waals surface area (Å²) < 4.78 is 18.4. The molecule has 2 N–H and O–H groups in total. The van der Waals surface area contributed by atoms with Gasteiger partial charge in [-0.2, -0.15) is 0 Å². The highest BCUT2D eigenvalue weighted by Gasteiger charge is 2.50. The van der Waals surface area contributed by atoms with Crippen molar-refractivity contribution < 1.29 is 24.4 Å². The quantitative estimate of drug-likeness (QED) is 0.132. The van der Waals surface area contributed by atoms with E-state index in [0.29, 0.717) is 18.1 Å². The predicted octanol–water partition coefficient (Wildman–Crippen LogP) is 9.55. The van der Waals surface area contributed by atoms with Gasteiger partial charge in [0.2, 0.25) is 0 Å². The van der Waals surface area contributed by atoms with Crippen LogP contribution in [0.25, 0.3) is 22.3 Å². The molecular formula is C50H42O5. The van der Waals surface area contributed by atoms with E-state index in [4.69, 9.17) is 14.2 Å². The molecule has 2 aliphatic carbocycles. The van der Waals surface area contributed by atoms with Crippen LogP contribution in [0.5, 0.6) is 17.2 Å². The molecule has 0 saturated heterocycles. The molecule has 0 atom stereocenters. The molecule has 0 radical (unpaired) electrons. The van der Waals surface area contributed by atoms with E-state index in [-0.39, 0.29) is 26.4 Å². The molecule has 9 rings (SSSR count). The zero-order valence-electron chi connectivity index (χ0n) is 30.7. The van der Waals surface area contributed by atoms with Crippen LogP contribution in [0.15, 0.2) is 164 Å². The summed E-state index contributed by atoms with van der Waals surface area (Å²) in [5.74, 6) is 2.22. The molecule has 0 bridgehead atoms. The highest BCUT2D eigenvalue weighted by atomic mass is 16.5. The minimum absolute atomic E-state index is 0.0624. The fraction of sp³-hybridized carbons (Fsp3) is 0.160. The molecule has 0 aliphatic heterocycles. The van der Waals surface area contributed by atoms with Gasteiger partial charge >= 0.3 is 0 Å². The minimum atomic E-state index is -0.804. The monoisotopic (exact) mass is 722 g/mol. The standard InChI is InChI=1S/C50H42O5/c1-2-53-37-24-19-34(20-25-37)49(43-15-7-3-11-39(43)40-12-4-8-16-44(40)49)36-23-28-48(55-32-30-52)47(33-36)50(35-21-26-38(27-22-35)54-31-29-51)45-17-9-5-13-41(45)42-14-6-10-18-46(42)50/h3-28,33,51-52H,2,29-32H2,1H3. The first-order chi connectivity index (χ1) is 27.2. The first kappa shape index (κ1) is 34.6. The van der Waals surface area contributed by atoms with Crippen LogP contribution in [0.1, 0.15) is 51.4 Å². The minimum Gasteiger partial charge on any atom is -0.494 e. The van der Waals surface area contributed by atoms with E-state index in [1.807, 2.05) is 19.1 Å². The predicted molar refractivity (Wildman–Crippen MR) is 217 cm³/mol. The maximum absolute atomic E-state index is 10.1. The first-order valence-corrected chi connectivity index (χ1v) is 19.0. The lowest BCUT2D eigenvalue weighted by molar-refractivity contribution is 0.199. The van der Waals surface area contributed by atoms with E-state index >= 15 is 0 Å². The van der Waals surface area contributed by atoms with E-state index in [2.05, 4.69) is 152 Å². The number of benzene rings is 7. The summed E-state index contributed by atoms with van der Waals surface area (Å²) in [4.78, 5) is 0. The third kappa shape index (κ3) is 5.30. The van der Waals surface area contributed by atoms with Crippen LogP contribution < -0.4 is 14.2 Å². The molecule has 7 aromatic carbocycles. The molecular weight excluding hydrogens is 681 g/mol. The second kappa shape index (κ2) is 14.3. The van der Waals surface area contributed by atoms with Crippen molar-refractivity contribution in [2.75, 3.05) is 33.0 Å². The lowest BCUT2D eigenvalue weighted by atomic mass is 9.63. The second-order valence-corrected chi connectivity index (χ2v) is 14.0. The van der Waals surface area contributed by atoms with Crippen LogP contribution >= 0.6 is 0 Å². The summed E-state index contributed by atoms with van der Waals surface area (Å²) in [6.07, 6.45) is 0. The molecule has 0 unspecified atom stereocenters. The second-order valence-electron chi connectivity index (χ2n) is 14.0. The SMILES string of the molecule is CCOc1ccc(C2(c3ccc(OCCO)c(C4(c5ccc(OCCO)cc5)c5ccccc5-c5ccccc54)c3)c3ccccc3-c3ccccc32)cc1. The molecule has 5 nitrogen and oxygen atoms in total. The van der Waals surface area contributed by atoms with Gasteiger partial charge < -0.3 is 24.4 Å². The van der Waals surface area contributed by atoms with E-state index < -0.39 is 10.8 Å². The van der Waals surface area contributed by atoms with Crippen LogP contribution in [0.3, 0.4) is 0 Å². The van der Waals surface area contributed by atoms with Crippen molar-refractivity contribution >= 4 is 0 Å². The molecule has 0 saturated carbocycles. The number of ether oxygens (including phenoxy) is 3. The molecule has 0 fully saturated rings. The van der Waals surface area contributed by atoms with Gasteiger partial charge in [0, 0.05) is 5.56 Å². The van der Waals surface area contributed by atoms with Gasteiger partial charge in [0.05, 0.1) is 30.7 Å². The smallest absolute Gasteiger partial charge is 0.124 e. The van der Waals surface area contributed by atoms with Crippen molar-refractivity contribution in [1.82, 2.24) is 0 Å². The zero-order valence-corrected chi connectivity index (χ0v) is 30.7. The van der Waals surface area contributed by atoms with Crippen molar-refractivity contribution in [3.63, 3.8) is 0 Å². The van der Waals surface area contributed by atoms with E-state index in [1.165, 1.54) is 22.3 Å². The van der Waals surface area contributed by atoms with Crippen LogP contribution in [-0.2, 0) is 10.8 Å². The average Bonchev–Trinajstić information content (AvgIpc) is 3.72. The molecule has 0 aromatic heterocycles. The third-order valence-corrected chi connectivity index (χ3v) is 11.3. The molecule has 55 heavy (non-hydrogen) atoms. The number of rotatable bonds is 12. The Labute approximate surface area is 322 Å². The van der Waals surface area contributed by atoms with Crippen LogP contribution in [-0.4, -0.2) is 43.2 Å². The lowest BCUT2D eigenvalue weighted by Crippen LogP contribution is -2.32. The van der Waals surface area contributed by atoms with E-state index in [9.17, 15) is 10.2 Å². The summed E-state index contributed by atoms with van der Waals surface area (Å²) in [6.45, 7) is 2.78. The Bertz CT molecular complexity index is 2390. The summed E-state index contributed by atoms with van der Waals surface area (Å²) in [5.41, 5.74) is 12.2. The topological polar surface area (TPSA) is 68.2 Å². The maximum atomic E-state index is 10.1. The Morgan fingerprint density at radius 1 is 0.400 bits per heavy atom. The Hall–Kier alpha value is -6.14. The zero-order chi connectivity index (χ0) is 37.4. The van der Waals surface area contributed by atoms with E-state index in [1.54, 1.807) is 0 Å². The summed E-state index contributed by atoms with van der Waals surface area (Å²) in [5, 5.41) is 19.6. The molecule has 0 spiro atoms. The maximum Gasteiger partial charge on any atom is 0.124 e. The Morgan fingerprint density at radius 2 is 0.800 bits per heavy atom. The largest absolute Gasteiger partial charge is 0.494 e. The number of aliphatic hydroxyl groups excluding tert-OH is 2. The molecule has 7 aromatic rings. The lowest BCUT2D eigenvalue weighted by Gasteiger charge is -2.38. The highest BCUT2D eigenvalue weighted by Crippen LogP contribution is 2.61.